The van der Waals surface area contributed by atoms with Crippen molar-refractivity contribution in [3.63, 3.8) is 0 Å². The second kappa shape index (κ2) is 5.39. The first-order valence-corrected chi connectivity index (χ1v) is 5.62. The van der Waals surface area contributed by atoms with Crippen LogP contribution >= 0.6 is 0 Å². The molecule has 0 saturated carbocycles. The van der Waals surface area contributed by atoms with Crippen molar-refractivity contribution < 1.29 is 8.78 Å². The van der Waals surface area contributed by atoms with E-state index in [0.717, 1.165) is 6.07 Å². The molecule has 3 heteroatoms. The van der Waals surface area contributed by atoms with Crippen LogP contribution in [0, 0.1) is 17.6 Å². The molecule has 0 fully saturated rings. The van der Waals surface area contributed by atoms with Crippen LogP contribution in [0.25, 0.3) is 0 Å². The molecule has 0 spiro atoms. The Hall–Kier alpha value is -0.960. The molecule has 0 heterocycles. The Kier molecular flexibility index (Phi) is 4.42. The summed E-state index contributed by atoms with van der Waals surface area (Å²) < 4.78 is 26.0. The number of nitrogens with one attached hydrogen (secondary N) is 1. The van der Waals surface area contributed by atoms with Gasteiger partial charge < -0.3 is 5.32 Å². The summed E-state index contributed by atoms with van der Waals surface area (Å²) in [5.41, 5.74) is 0.644. The summed E-state index contributed by atoms with van der Waals surface area (Å²) >= 11 is 0. The van der Waals surface area contributed by atoms with Crippen molar-refractivity contribution in [2.45, 2.75) is 39.8 Å². The summed E-state index contributed by atoms with van der Waals surface area (Å²) in [7, 11) is 0. The van der Waals surface area contributed by atoms with Gasteiger partial charge in [0.05, 0.1) is 0 Å². The highest BCUT2D eigenvalue weighted by Crippen LogP contribution is 2.17. The Morgan fingerprint density at radius 3 is 1.88 bits per heavy atom. The van der Waals surface area contributed by atoms with Gasteiger partial charge in [0.1, 0.15) is 11.6 Å². The highest BCUT2D eigenvalue weighted by atomic mass is 19.1. The van der Waals surface area contributed by atoms with Gasteiger partial charge in [-0.3, -0.25) is 0 Å². The first-order chi connectivity index (χ1) is 7.40. The van der Waals surface area contributed by atoms with Crippen LogP contribution < -0.4 is 5.32 Å². The monoisotopic (exact) mass is 227 g/mol. The van der Waals surface area contributed by atoms with Crippen LogP contribution in [0.1, 0.15) is 39.3 Å². The third-order valence-electron chi connectivity index (χ3n) is 2.90. The molecule has 16 heavy (non-hydrogen) atoms. The molecule has 1 N–H and O–H groups in total. The summed E-state index contributed by atoms with van der Waals surface area (Å²) in [6.45, 7) is 8.19. The Morgan fingerprint density at radius 2 is 1.44 bits per heavy atom. The molecule has 0 bridgehead atoms. The lowest BCUT2D eigenvalue weighted by Gasteiger charge is -2.23. The first-order valence-electron chi connectivity index (χ1n) is 5.62. The highest BCUT2D eigenvalue weighted by Gasteiger charge is 2.13. The van der Waals surface area contributed by atoms with E-state index >= 15 is 0 Å². The largest absolute Gasteiger partial charge is 0.307 e. The molecule has 0 amide bonds. The minimum absolute atomic E-state index is 0.0531. The van der Waals surface area contributed by atoms with Gasteiger partial charge in [0.25, 0.3) is 0 Å². The van der Waals surface area contributed by atoms with E-state index < -0.39 is 11.6 Å². The number of hydrogen-bond donors (Lipinski definition) is 1. The van der Waals surface area contributed by atoms with E-state index in [0.29, 0.717) is 17.5 Å². The van der Waals surface area contributed by atoms with Crippen LogP contribution in [0.5, 0.6) is 0 Å². The fraction of sp³-hybridized carbons (Fsp3) is 0.538. The number of benzene rings is 1. The first kappa shape index (κ1) is 13.1. The van der Waals surface area contributed by atoms with Crippen molar-refractivity contribution in [3.05, 3.63) is 35.4 Å². The highest BCUT2D eigenvalue weighted by molar-refractivity contribution is 5.21. The number of rotatable bonds is 4. The van der Waals surface area contributed by atoms with Gasteiger partial charge in [-0.1, -0.05) is 13.8 Å². The molecule has 0 aliphatic rings. The topological polar surface area (TPSA) is 12.0 Å². The molecule has 1 rings (SSSR count). The maximum absolute atomic E-state index is 13.0. The predicted molar refractivity (Wildman–Crippen MR) is 62.2 cm³/mol. The van der Waals surface area contributed by atoms with Crippen LogP contribution in [-0.4, -0.2) is 6.04 Å². The molecular weight excluding hydrogens is 208 g/mol. The van der Waals surface area contributed by atoms with E-state index in [9.17, 15) is 8.78 Å². The van der Waals surface area contributed by atoms with E-state index in [1.54, 1.807) is 0 Å². The maximum Gasteiger partial charge on any atom is 0.126 e. The van der Waals surface area contributed by atoms with E-state index in [-0.39, 0.29) is 6.04 Å². The fourth-order valence-electron chi connectivity index (χ4n) is 1.51. The lowest BCUT2D eigenvalue weighted by atomic mass is 10.0. The Bertz CT molecular complexity index is 330. The number of hydrogen-bond acceptors (Lipinski definition) is 1. The molecule has 1 aromatic rings. The van der Waals surface area contributed by atoms with E-state index in [1.807, 2.05) is 6.92 Å². The van der Waals surface area contributed by atoms with E-state index in [4.69, 9.17) is 0 Å². The van der Waals surface area contributed by atoms with Crippen molar-refractivity contribution in [1.82, 2.24) is 5.32 Å². The van der Waals surface area contributed by atoms with Gasteiger partial charge in [-0.2, -0.15) is 0 Å². The molecule has 2 unspecified atom stereocenters. The average molecular weight is 227 g/mol. The molecule has 0 radical (unpaired) electrons. The van der Waals surface area contributed by atoms with Crippen molar-refractivity contribution in [2.24, 2.45) is 5.92 Å². The fourth-order valence-corrected chi connectivity index (χ4v) is 1.51. The maximum atomic E-state index is 13.0. The zero-order valence-corrected chi connectivity index (χ0v) is 10.2. The summed E-state index contributed by atoms with van der Waals surface area (Å²) in [4.78, 5) is 0. The van der Waals surface area contributed by atoms with Crippen LogP contribution in [0.15, 0.2) is 18.2 Å². The normalized spacial score (nSPS) is 15.2. The van der Waals surface area contributed by atoms with Gasteiger partial charge >= 0.3 is 0 Å². The molecule has 1 nitrogen and oxygen atoms in total. The Morgan fingerprint density at radius 1 is 0.938 bits per heavy atom. The van der Waals surface area contributed by atoms with Crippen LogP contribution in [0.2, 0.25) is 0 Å². The zero-order valence-electron chi connectivity index (χ0n) is 10.2. The predicted octanol–water partition coefficient (Wildman–Crippen LogP) is 3.66. The second-order valence-electron chi connectivity index (χ2n) is 4.62. The quantitative estimate of drug-likeness (QED) is 0.827. The van der Waals surface area contributed by atoms with Gasteiger partial charge in [0, 0.05) is 18.2 Å². The van der Waals surface area contributed by atoms with Gasteiger partial charge in [-0.25, -0.2) is 8.78 Å². The summed E-state index contributed by atoms with van der Waals surface area (Å²) in [5.74, 6) is -0.567. The molecule has 0 aromatic heterocycles. The van der Waals surface area contributed by atoms with E-state index in [2.05, 4.69) is 26.1 Å². The van der Waals surface area contributed by atoms with Gasteiger partial charge in [-0.15, -0.1) is 0 Å². The number of halogens is 2. The van der Waals surface area contributed by atoms with E-state index in [1.165, 1.54) is 12.1 Å². The van der Waals surface area contributed by atoms with Crippen molar-refractivity contribution in [2.75, 3.05) is 0 Å². The molecule has 0 aliphatic carbocycles. The minimum Gasteiger partial charge on any atom is -0.307 e. The van der Waals surface area contributed by atoms with Crippen molar-refractivity contribution in [3.8, 4) is 0 Å². The van der Waals surface area contributed by atoms with Gasteiger partial charge in [0.15, 0.2) is 0 Å². The Balaban J connectivity index is 2.76. The van der Waals surface area contributed by atoms with Gasteiger partial charge in [-0.05, 0) is 37.5 Å². The summed E-state index contributed by atoms with van der Waals surface area (Å²) in [5, 5.41) is 3.32. The molecule has 2 atom stereocenters. The summed E-state index contributed by atoms with van der Waals surface area (Å²) in [6.07, 6.45) is 0. The molecule has 0 saturated heterocycles. The van der Waals surface area contributed by atoms with Crippen LogP contribution in [-0.2, 0) is 0 Å². The average Bonchev–Trinajstić information content (AvgIpc) is 2.15. The SMILES string of the molecule is CC(NC(C)C(C)C)c1cc(F)cc(F)c1. The molecule has 90 valence electrons. The minimum atomic E-state index is -0.527. The van der Waals surface area contributed by atoms with Crippen LogP contribution in [0.3, 0.4) is 0 Å². The third kappa shape index (κ3) is 3.56. The van der Waals surface area contributed by atoms with Crippen LogP contribution in [0.4, 0.5) is 8.78 Å². The van der Waals surface area contributed by atoms with Gasteiger partial charge in [0.2, 0.25) is 0 Å². The summed E-state index contributed by atoms with van der Waals surface area (Å²) in [6, 6.07) is 3.88. The lowest BCUT2D eigenvalue weighted by molar-refractivity contribution is 0.387. The molecule has 0 aliphatic heterocycles. The Labute approximate surface area is 95.9 Å². The standard InChI is InChI=1S/C13H19F2N/c1-8(2)9(3)16-10(4)11-5-12(14)7-13(15)6-11/h5-10,16H,1-4H3. The van der Waals surface area contributed by atoms with Crippen molar-refractivity contribution >= 4 is 0 Å². The molecule has 1 aromatic carbocycles. The van der Waals surface area contributed by atoms with Crippen molar-refractivity contribution in [1.29, 1.82) is 0 Å². The lowest BCUT2D eigenvalue weighted by Crippen LogP contribution is -2.33. The zero-order chi connectivity index (χ0) is 12.3. The second-order valence-corrected chi connectivity index (χ2v) is 4.62. The smallest absolute Gasteiger partial charge is 0.126 e. The third-order valence-corrected chi connectivity index (χ3v) is 2.90. The molecular formula is C13H19F2N.